The highest BCUT2D eigenvalue weighted by Gasteiger charge is 2.27. The van der Waals surface area contributed by atoms with E-state index >= 15 is 0 Å². The number of sulfonamides is 1. The first-order chi connectivity index (χ1) is 10.6. The maximum absolute atomic E-state index is 12.7. The van der Waals surface area contributed by atoms with Crippen LogP contribution in [0.4, 0.5) is 0 Å². The van der Waals surface area contributed by atoms with Crippen molar-refractivity contribution in [2.24, 2.45) is 5.92 Å². The zero-order valence-corrected chi connectivity index (χ0v) is 13.9. The Hall–Kier alpha value is -0.950. The Balaban J connectivity index is 1.71. The summed E-state index contributed by atoms with van der Waals surface area (Å²) in [5, 5.41) is 0. The molecule has 6 heteroatoms. The molecule has 0 spiro atoms. The Morgan fingerprint density at radius 2 is 2.00 bits per heavy atom. The van der Waals surface area contributed by atoms with E-state index in [-0.39, 0.29) is 0 Å². The zero-order valence-electron chi connectivity index (χ0n) is 13.1. The average molecular weight is 324 g/mol. The molecule has 0 atom stereocenters. The van der Waals surface area contributed by atoms with Crippen molar-refractivity contribution >= 4 is 10.0 Å². The molecule has 0 amide bonds. The molecule has 1 saturated heterocycles. The lowest BCUT2D eigenvalue weighted by molar-refractivity contribution is 0.0730. The van der Waals surface area contributed by atoms with Gasteiger partial charge in [0.15, 0.2) is 0 Å². The summed E-state index contributed by atoms with van der Waals surface area (Å²) in [5.41, 5.74) is 1.05. The van der Waals surface area contributed by atoms with Crippen molar-refractivity contribution in [1.29, 1.82) is 0 Å². The molecule has 0 bridgehead atoms. The van der Waals surface area contributed by atoms with Crippen molar-refractivity contribution in [2.75, 3.05) is 39.9 Å². The van der Waals surface area contributed by atoms with Gasteiger partial charge in [-0.05, 0) is 43.5 Å². The third kappa shape index (κ3) is 3.87. The minimum Gasteiger partial charge on any atom is -0.379 e. The van der Waals surface area contributed by atoms with Crippen LogP contribution in [0.2, 0.25) is 0 Å². The standard InChI is InChI=1S/C16H24N2O3S/c1-17(12-14-5-6-14)13-15-3-2-4-16(11-15)22(19,20)18-7-9-21-10-8-18/h2-4,11,14H,5-10,12-13H2,1H3. The molecule has 0 radical (unpaired) electrons. The number of ether oxygens (including phenoxy) is 1. The van der Waals surface area contributed by atoms with Gasteiger partial charge in [0.1, 0.15) is 0 Å². The Kier molecular flexibility index (Phi) is 4.82. The van der Waals surface area contributed by atoms with Crippen molar-refractivity contribution in [2.45, 2.75) is 24.3 Å². The highest BCUT2D eigenvalue weighted by atomic mass is 32.2. The van der Waals surface area contributed by atoms with Gasteiger partial charge in [-0.2, -0.15) is 4.31 Å². The van der Waals surface area contributed by atoms with Gasteiger partial charge >= 0.3 is 0 Å². The topological polar surface area (TPSA) is 49.9 Å². The van der Waals surface area contributed by atoms with Gasteiger partial charge in [0.2, 0.25) is 10.0 Å². The number of benzene rings is 1. The first-order valence-electron chi connectivity index (χ1n) is 7.91. The van der Waals surface area contributed by atoms with Gasteiger partial charge in [0.25, 0.3) is 0 Å². The van der Waals surface area contributed by atoms with Crippen LogP contribution < -0.4 is 0 Å². The van der Waals surface area contributed by atoms with E-state index in [1.54, 1.807) is 6.07 Å². The fraction of sp³-hybridized carbons (Fsp3) is 0.625. The number of morpholine rings is 1. The van der Waals surface area contributed by atoms with Crippen LogP contribution in [0, 0.1) is 5.92 Å². The second-order valence-corrected chi connectivity index (χ2v) is 8.24. The third-order valence-corrected chi connectivity index (χ3v) is 6.12. The van der Waals surface area contributed by atoms with Gasteiger partial charge in [-0.15, -0.1) is 0 Å². The summed E-state index contributed by atoms with van der Waals surface area (Å²) in [6.45, 7) is 3.72. The Bertz CT molecular complexity index is 608. The maximum atomic E-state index is 12.7. The summed E-state index contributed by atoms with van der Waals surface area (Å²) in [6.07, 6.45) is 2.66. The first kappa shape index (κ1) is 15.9. The van der Waals surface area contributed by atoms with Gasteiger partial charge in [0, 0.05) is 26.2 Å². The van der Waals surface area contributed by atoms with Crippen LogP contribution in [0.1, 0.15) is 18.4 Å². The predicted molar refractivity (Wildman–Crippen MR) is 85.1 cm³/mol. The summed E-state index contributed by atoms with van der Waals surface area (Å²) >= 11 is 0. The normalized spacial score (nSPS) is 20.5. The third-order valence-electron chi connectivity index (χ3n) is 4.23. The number of hydrogen-bond acceptors (Lipinski definition) is 4. The van der Waals surface area contributed by atoms with Crippen LogP contribution in [0.25, 0.3) is 0 Å². The van der Waals surface area contributed by atoms with E-state index in [1.165, 1.54) is 17.1 Å². The molecule has 3 rings (SSSR count). The maximum Gasteiger partial charge on any atom is 0.243 e. The van der Waals surface area contributed by atoms with E-state index in [0.29, 0.717) is 31.2 Å². The smallest absolute Gasteiger partial charge is 0.243 e. The predicted octanol–water partition coefficient (Wildman–Crippen LogP) is 1.55. The van der Waals surface area contributed by atoms with E-state index in [4.69, 9.17) is 4.74 Å². The van der Waals surface area contributed by atoms with E-state index < -0.39 is 10.0 Å². The summed E-state index contributed by atoms with van der Waals surface area (Å²) in [7, 11) is -1.30. The Morgan fingerprint density at radius 1 is 1.27 bits per heavy atom. The van der Waals surface area contributed by atoms with Gasteiger partial charge in [-0.1, -0.05) is 12.1 Å². The van der Waals surface area contributed by atoms with Crippen molar-refractivity contribution < 1.29 is 13.2 Å². The van der Waals surface area contributed by atoms with Crippen molar-refractivity contribution in [3.8, 4) is 0 Å². The van der Waals surface area contributed by atoms with Crippen LogP contribution in [0.3, 0.4) is 0 Å². The van der Waals surface area contributed by atoms with Crippen molar-refractivity contribution in [3.63, 3.8) is 0 Å². The minimum atomic E-state index is -3.40. The molecule has 2 fully saturated rings. The molecule has 1 aromatic carbocycles. The van der Waals surface area contributed by atoms with Crippen LogP contribution in [0.15, 0.2) is 29.2 Å². The molecular weight excluding hydrogens is 300 g/mol. The quantitative estimate of drug-likeness (QED) is 0.797. The van der Waals surface area contributed by atoms with Crippen molar-refractivity contribution in [3.05, 3.63) is 29.8 Å². The number of hydrogen-bond donors (Lipinski definition) is 0. The number of nitrogens with zero attached hydrogens (tertiary/aromatic N) is 2. The van der Waals surface area contributed by atoms with Gasteiger partial charge in [-0.25, -0.2) is 8.42 Å². The Labute approximate surface area is 132 Å². The second kappa shape index (κ2) is 6.66. The molecule has 1 saturated carbocycles. The summed E-state index contributed by atoms with van der Waals surface area (Å²) in [5.74, 6) is 0.838. The molecule has 0 N–H and O–H groups in total. The highest BCUT2D eigenvalue weighted by Crippen LogP contribution is 2.29. The molecule has 1 aliphatic heterocycles. The molecule has 122 valence electrons. The summed E-state index contributed by atoms with van der Waals surface area (Å²) in [4.78, 5) is 2.67. The van der Waals surface area contributed by atoms with Crippen LogP contribution in [-0.2, 0) is 21.3 Å². The molecule has 1 aliphatic carbocycles. The largest absolute Gasteiger partial charge is 0.379 e. The summed E-state index contributed by atoms with van der Waals surface area (Å²) < 4.78 is 32.1. The van der Waals surface area contributed by atoms with Gasteiger partial charge in [0.05, 0.1) is 18.1 Å². The zero-order chi connectivity index (χ0) is 15.6. The molecule has 0 unspecified atom stereocenters. The van der Waals surface area contributed by atoms with Crippen LogP contribution in [-0.4, -0.2) is 57.5 Å². The van der Waals surface area contributed by atoms with Gasteiger partial charge in [-0.3, -0.25) is 0 Å². The Morgan fingerprint density at radius 3 is 2.68 bits per heavy atom. The monoisotopic (exact) mass is 324 g/mol. The fourth-order valence-corrected chi connectivity index (χ4v) is 4.34. The second-order valence-electron chi connectivity index (χ2n) is 6.30. The molecular formula is C16H24N2O3S. The van der Waals surface area contributed by atoms with Crippen molar-refractivity contribution in [1.82, 2.24) is 9.21 Å². The molecule has 5 nitrogen and oxygen atoms in total. The van der Waals surface area contributed by atoms with E-state index in [2.05, 4.69) is 11.9 Å². The lowest BCUT2D eigenvalue weighted by Gasteiger charge is -2.26. The van der Waals surface area contributed by atoms with E-state index in [0.717, 1.165) is 24.6 Å². The van der Waals surface area contributed by atoms with Crippen LogP contribution >= 0.6 is 0 Å². The van der Waals surface area contributed by atoms with Gasteiger partial charge < -0.3 is 9.64 Å². The molecule has 1 aromatic rings. The molecule has 2 aliphatic rings. The molecule has 22 heavy (non-hydrogen) atoms. The van der Waals surface area contributed by atoms with E-state index in [1.807, 2.05) is 18.2 Å². The average Bonchev–Trinajstić information content (AvgIpc) is 3.32. The highest BCUT2D eigenvalue weighted by molar-refractivity contribution is 7.89. The first-order valence-corrected chi connectivity index (χ1v) is 9.35. The summed E-state index contributed by atoms with van der Waals surface area (Å²) in [6, 6.07) is 7.35. The fourth-order valence-electron chi connectivity index (χ4n) is 2.86. The number of rotatable bonds is 6. The lowest BCUT2D eigenvalue weighted by Crippen LogP contribution is -2.40. The SMILES string of the molecule is CN(Cc1cccc(S(=O)(=O)N2CCOCC2)c1)CC1CC1. The minimum absolute atomic E-state index is 0.395. The van der Waals surface area contributed by atoms with Crippen LogP contribution in [0.5, 0.6) is 0 Å². The molecule has 1 heterocycles. The molecule has 0 aromatic heterocycles. The van der Waals surface area contributed by atoms with E-state index in [9.17, 15) is 8.42 Å². The lowest BCUT2D eigenvalue weighted by atomic mass is 10.2.